The molecule has 0 saturated heterocycles. The Morgan fingerprint density at radius 1 is 1.60 bits per heavy atom. The van der Waals surface area contributed by atoms with Crippen molar-refractivity contribution in [3.05, 3.63) is 33.6 Å². The molecule has 1 unspecified atom stereocenters. The van der Waals surface area contributed by atoms with Gasteiger partial charge in [0.15, 0.2) is 5.82 Å². The lowest BCUT2D eigenvalue weighted by Gasteiger charge is -2.16. The molecule has 0 bridgehead atoms. The van der Waals surface area contributed by atoms with Gasteiger partial charge < -0.3 is 11.1 Å². The van der Waals surface area contributed by atoms with Crippen molar-refractivity contribution in [3.63, 3.8) is 0 Å². The maximum atomic E-state index is 13.3. The van der Waals surface area contributed by atoms with E-state index in [1.54, 1.807) is 11.8 Å². The molecular weight excluding hydrogens is 285 g/mol. The number of thioether (sulfide) groups is 1. The van der Waals surface area contributed by atoms with Crippen LogP contribution in [0, 0.1) is 15.9 Å². The second kappa shape index (κ2) is 7.09. The molecule has 1 aromatic rings. The van der Waals surface area contributed by atoms with Crippen LogP contribution in [0.25, 0.3) is 0 Å². The maximum Gasteiger partial charge on any atom is 0.285 e. The van der Waals surface area contributed by atoms with Gasteiger partial charge in [0.2, 0.25) is 0 Å². The SMILES string of the molecule is CCC(CSC)NC(=O)c1cc(N)c(F)cc1[N+](=O)[O-]. The topological polar surface area (TPSA) is 98.3 Å². The van der Waals surface area contributed by atoms with Crippen LogP contribution in [0.1, 0.15) is 23.7 Å². The van der Waals surface area contributed by atoms with E-state index >= 15 is 0 Å². The molecule has 1 rings (SSSR count). The third kappa shape index (κ3) is 3.83. The molecule has 6 nitrogen and oxygen atoms in total. The van der Waals surface area contributed by atoms with Crippen LogP contribution in [-0.4, -0.2) is 28.9 Å². The van der Waals surface area contributed by atoms with Crippen molar-refractivity contribution in [1.82, 2.24) is 5.32 Å². The van der Waals surface area contributed by atoms with Gasteiger partial charge in [0.25, 0.3) is 11.6 Å². The van der Waals surface area contributed by atoms with Gasteiger partial charge in [-0.25, -0.2) is 4.39 Å². The summed E-state index contributed by atoms with van der Waals surface area (Å²) in [5.41, 5.74) is 4.26. The number of hydrogen-bond acceptors (Lipinski definition) is 5. The second-order valence-electron chi connectivity index (χ2n) is 4.18. The highest BCUT2D eigenvalue weighted by molar-refractivity contribution is 7.98. The molecule has 110 valence electrons. The standard InChI is InChI=1S/C12H16FN3O3S/c1-3-7(6-20-2)15-12(17)8-4-10(14)9(13)5-11(8)16(18)19/h4-5,7H,3,6,14H2,1-2H3,(H,15,17). The zero-order valence-corrected chi connectivity index (χ0v) is 12.0. The Bertz CT molecular complexity index is 525. The van der Waals surface area contributed by atoms with E-state index in [4.69, 9.17) is 5.73 Å². The normalized spacial score (nSPS) is 11.9. The van der Waals surface area contributed by atoms with Gasteiger partial charge in [-0.15, -0.1) is 0 Å². The first-order valence-electron chi connectivity index (χ1n) is 5.93. The van der Waals surface area contributed by atoms with Gasteiger partial charge in [-0.2, -0.15) is 11.8 Å². The van der Waals surface area contributed by atoms with Crippen molar-refractivity contribution in [2.24, 2.45) is 0 Å². The molecule has 0 fully saturated rings. The van der Waals surface area contributed by atoms with Crippen LogP contribution in [0.3, 0.4) is 0 Å². The Balaban J connectivity index is 3.08. The predicted octanol–water partition coefficient (Wildman–Crippen LogP) is 2.19. The van der Waals surface area contributed by atoms with Crippen molar-refractivity contribution in [2.45, 2.75) is 19.4 Å². The molecule has 0 spiro atoms. The highest BCUT2D eigenvalue weighted by atomic mass is 32.2. The monoisotopic (exact) mass is 301 g/mol. The smallest absolute Gasteiger partial charge is 0.285 e. The van der Waals surface area contributed by atoms with E-state index in [0.29, 0.717) is 18.2 Å². The van der Waals surface area contributed by atoms with Crippen LogP contribution >= 0.6 is 11.8 Å². The Hall–Kier alpha value is -1.83. The fourth-order valence-corrected chi connectivity index (χ4v) is 2.36. The van der Waals surface area contributed by atoms with Crippen molar-refractivity contribution in [2.75, 3.05) is 17.7 Å². The maximum absolute atomic E-state index is 13.3. The number of nitrogens with zero attached hydrogens (tertiary/aromatic N) is 1. The largest absolute Gasteiger partial charge is 0.396 e. The molecule has 0 aliphatic rings. The third-order valence-electron chi connectivity index (χ3n) is 2.75. The van der Waals surface area contributed by atoms with Crippen molar-refractivity contribution in [3.8, 4) is 0 Å². The summed E-state index contributed by atoms with van der Waals surface area (Å²) in [5, 5.41) is 13.6. The quantitative estimate of drug-likeness (QED) is 0.477. The van der Waals surface area contributed by atoms with E-state index in [0.717, 1.165) is 6.07 Å². The Morgan fingerprint density at radius 2 is 2.25 bits per heavy atom. The number of nitro benzene ring substituents is 1. The zero-order valence-electron chi connectivity index (χ0n) is 11.2. The Morgan fingerprint density at radius 3 is 2.75 bits per heavy atom. The first kappa shape index (κ1) is 16.2. The van der Waals surface area contributed by atoms with Gasteiger partial charge in [0.05, 0.1) is 16.7 Å². The lowest BCUT2D eigenvalue weighted by molar-refractivity contribution is -0.385. The minimum absolute atomic E-state index is 0.108. The first-order valence-corrected chi connectivity index (χ1v) is 7.33. The summed E-state index contributed by atoms with van der Waals surface area (Å²) in [6.07, 6.45) is 2.59. The van der Waals surface area contributed by atoms with E-state index in [1.807, 2.05) is 13.2 Å². The van der Waals surface area contributed by atoms with Gasteiger partial charge in [-0.3, -0.25) is 14.9 Å². The van der Waals surface area contributed by atoms with Gasteiger partial charge >= 0.3 is 0 Å². The molecule has 0 aromatic heterocycles. The molecule has 0 radical (unpaired) electrons. The number of nitrogens with one attached hydrogen (secondary N) is 1. The van der Waals surface area contributed by atoms with E-state index < -0.39 is 22.3 Å². The van der Waals surface area contributed by atoms with Crippen LogP contribution < -0.4 is 11.1 Å². The molecule has 0 aliphatic carbocycles. The number of carbonyl (C=O) groups excluding carboxylic acids is 1. The molecule has 0 aliphatic heterocycles. The average Bonchev–Trinajstić information content (AvgIpc) is 2.40. The molecule has 8 heteroatoms. The number of carbonyl (C=O) groups is 1. The van der Waals surface area contributed by atoms with Crippen LogP contribution in [0.2, 0.25) is 0 Å². The van der Waals surface area contributed by atoms with Crippen molar-refractivity contribution in [1.29, 1.82) is 0 Å². The number of nitrogen functional groups attached to an aromatic ring is 1. The van der Waals surface area contributed by atoms with Gasteiger partial charge in [0.1, 0.15) is 5.56 Å². The van der Waals surface area contributed by atoms with Crippen LogP contribution in [0.5, 0.6) is 0 Å². The predicted molar refractivity (Wildman–Crippen MR) is 77.4 cm³/mol. The lowest BCUT2D eigenvalue weighted by atomic mass is 10.1. The van der Waals surface area contributed by atoms with Crippen LogP contribution in [-0.2, 0) is 0 Å². The third-order valence-corrected chi connectivity index (χ3v) is 3.49. The van der Waals surface area contributed by atoms with E-state index in [-0.39, 0.29) is 17.3 Å². The number of amides is 1. The minimum atomic E-state index is -0.913. The van der Waals surface area contributed by atoms with E-state index in [1.165, 1.54) is 0 Å². The van der Waals surface area contributed by atoms with Gasteiger partial charge in [0, 0.05) is 11.8 Å². The molecule has 20 heavy (non-hydrogen) atoms. The number of rotatable bonds is 6. The summed E-state index contributed by atoms with van der Waals surface area (Å²) >= 11 is 1.55. The highest BCUT2D eigenvalue weighted by Gasteiger charge is 2.24. The summed E-state index contributed by atoms with van der Waals surface area (Å²) in [6.45, 7) is 1.90. The number of nitrogens with two attached hydrogens (primary N) is 1. The molecule has 1 amide bonds. The van der Waals surface area contributed by atoms with E-state index in [9.17, 15) is 19.3 Å². The molecule has 3 N–H and O–H groups in total. The zero-order chi connectivity index (χ0) is 15.3. The van der Waals surface area contributed by atoms with Gasteiger partial charge in [-0.1, -0.05) is 6.92 Å². The van der Waals surface area contributed by atoms with Crippen LogP contribution in [0.4, 0.5) is 15.8 Å². The first-order chi connectivity index (χ1) is 9.40. The number of hydrogen-bond donors (Lipinski definition) is 2. The summed E-state index contributed by atoms with van der Waals surface area (Å²) < 4.78 is 13.3. The summed E-state index contributed by atoms with van der Waals surface area (Å²) in [7, 11) is 0. The Labute approximate surface area is 120 Å². The lowest BCUT2D eigenvalue weighted by Crippen LogP contribution is -2.36. The second-order valence-corrected chi connectivity index (χ2v) is 5.09. The number of anilines is 1. The average molecular weight is 301 g/mol. The number of nitro groups is 1. The summed E-state index contributed by atoms with van der Waals surface area (Å²) in [4.78, 5) is 22.2. The highest BCUT2D eigenvalue weighted by Crippen LogP contribution is 2.24. The molecule has 0 saturated carbocycles. The molecule has 1 atom stereocenters. The fraction of sp³-hybridized carbons (Fsp3) is 0.417. The minimum Gasteiger partial charge on any atom is -0.396 e. The summed E-state index contributed by atoms with van der Waals surface area (Å²) in [5.74, 6) is -0.846. The number of halogens is 1. The molecule has 0 heterocycles. The van der Waals surface area contributed by atoms with Crippen LogP contribution in [0.15, 0.2) is 12.1 Å². The fourth-order valence-electron chi connectivity index (χ4n) is 1.64. The molecule has 1 aromatic carbocycles. The number of benzene rings is 1. The van der Waals surface area contributed by atoms with Crippen molar-refractivity contribution < 1.29 is 14.1 Å². The van der Waals surface area contributed by atoms with Crippen molar-refractivity contribution >= 4 is 29.0 Å². The van der Waals surface area contributed by atoms with E-state index in [2.05, 4.69) is 5.32 Å². The summed E-state index contributed by atoms with van der Waals surface area (Å²) in [6, 6.07) is 1.55. The molecular formula is C12H16FN3O3S. The van der Waals surface area contributed by atoms with Gasteiger partial charge in [-0.05, 0) is 18.7 Å². The Kier molecular flexibility index (Phi) is 5.75.